The molecule has 1 aliphatic heterocycles. The number of hydrogen-bond donors (Lipinski definition) is 1. The molecule has 1 unspecified atom stereocenters. The Labute approximate surface area is 113 Å². The molecule has 0 spiro atoms. The van der Waals surface area contributed by atoms with E-state index in [-0.39, 0.29) is 6.04 Å². The number of hydrogen-bond acceptors (Lipinski definition) is 4. The first kappa shape index (κ1) is 13.9. The predicted octanol–water partition coefficient (Wildman–Crippen LogP) is 1.27. The van der Waals surface area contributed by atoms with Crippen molar-refractivity contribution >= 4 is 21.8 Å². The van der Waals surface area contributed by atoms with E-state index in [1.54, 1.807) is 43.1 Å². The zero-order chi connectivity index (χ0) is 13.2. The van der Waals surface area contributed by atoms with Gasteiger partial charge in [-0.15, -0.1) is 0 Å². The second kappa shape index (κ2) is 5.61. The van der Waals surface area contributed by atoms with Crippen molar-refractivity contribution in [2.24, 2.45) is 5.73 Å². The lowest BCUT2D eigenvalue weighted by atomic mass is 10.2. The van der Waals surface area contributed by atoms with Crippen molar-refractivity contribution in [1.29, 1.82) is 0 Å². The Balaban J connectivity index is 2.23. The van der Waals surface area contributed by atoms with Gasteiger partial charge in [-0.25, -0.2) is 8.42 Å². The van der Waals surface area contributed by atoms with Crippen LogP contribution in [0.4, 0.5) is 0 Å². The number of nitrogens with zero attached hydrogens (tertiary/aromatic N) is 1. The average Bonchev–Trinajstić information content (AvgIpc) is 2.91. The van der Waals surface area contributed by atoms with E-state index >= 15 is 0 Å². The monoisotopic (exact) mass is 286 g/mol. The smallest absolute Gasteiger partial charge is 0.243 e. The van der Waals surface area contributed by atoms with Gasteiger partial charge in [0.2, 0.25) is 10.0 Å². The van der Waals surface area contributed by atoms with E-state index in [0.29, 0.717) is 11.4 Å². The molecular formula is C12H18N2O2S2. The molecule has 2 rings (SSSR count). The van der Waals surface area contributed by atoms with Crippen LogP contribution >= 0.6 is 11.8 Å². The van der Waals surface area contributed by atoms with Gasteiger partial charge >= 0.3 is 0 Å². The average molecular weight is 286 g/mol. The fourth-order valence-corrected chi connectivity index (χ4v) is 4.72. The lowest BCUT2D eigenvalue weighted by Crippen LogP contribution is -2.36. The maximum absolute atomic E-state index is 12.4. The lowest BCUT2D eigenvalue weighted by Gasteiger charge is -2.23. The second-order valence-electron chi connectivity index (χ2n) is 4.39. The van der Waals surface area contributed by atoms with Gasteiger partial charge < -0.3 is 5.73 Å². The van der Waals surface area contributed by atoms with Crippen molar-refractivity contribution in [3.8, 4) is 0 Å². The summed E-state index contributed by atoms with van der Waals surface area (Å²) in [4.78, 5) is 0.346. The Morgan fingerprint density at radius 1 is 1.39 bits per heavy atom. The number of rotatable bonds is 4. The predicted molar refractivity (Wildman–Crippen MR) is 75.0 cm³/mol. The van der Waals surface area contributed by atoms with Crippen molar-refractivity contribution in [1.82, 2.24) is 4.31 Å². The zero-order valence-electron chi connectivity index (χ0n) is 10.4. The van der Waals surface area contributed by atoms with Gasteiger partial charge in [-0.1, -0.05) is 12.1 Å². The van der Waals surface area contributed by atoms with Crippen molar-refractivity contribution in [2.45, 2.75) is 23.9 Å². The van der Waals surface area contributed by atoms with Crippen LogP contribution in [0.2, 0.25) is 0 Å². The van der Waals surface area contributed by atoms with Crippen molar-refractivity contribution in [3.63, 3.8) is 0 Å². The van der Waals surface area contributed by atoms with Crippen molar-refractivity contribution < 1.29 is 8.42 Å². The summed E-state index contributed by atoms with van der Waals surface area (Å²) in [6.07, 6.45) is 0.932. The number of sulfonamides is 1. The second-order valence-corrected chi connectivity index (χ2v) is 7.53. The fraction of sp³-hybridized carbons (Fsp3) is 0.500. The normalized spacial score (nSPS) is 20.5. The summed E-state index contributed by atoms with van der Waals surface area (Å²) in [5.74, 6) is 1.92. The minimum absolute atomic E-state index is 0.120. The van der Waals surface area contributed by atoms with E-state index in [2.05, 4.69) is 0 Å². The number of nitrogens with two attached hydrogens (primary N) is 1. The molecule has 4 nitrogen and oxygen atoms in total. The standard InChI is InChI=1S/C12H18N2O2S2/c1-14(11-6-7-17-9-11)18(15,16)12-4-2-10(8-13)3-5-12/h2-5,11H,6-9,13H2,1H3. The molecule has 1 saturated heterocycles. The summed E-state index contributed by atoms with van der Waals surface area (Å²) >= 11 is 1.81. The lowest BCUT2D eigenvalue weighted by molar-refractivity contribution is 0.394. The third-order valence-corrected chi connectivity index (χ3v) is 6.33. The van der Waals surface area contributed by atoms with E-state index in [4.69, 9.17) is 5.73 Å². The molecule has 1 heterocycles. The quantitative estimate of drug-likeness (QED) is 0.905. The molecule has 0 aliphatic carbocycles. The molecule has 0 radical (unpaired) electrons. The summed E-state index contributed by atoms with van der Waals surface area (Å²) in [6.45, 7) is 0.426. The molecule has 1 atom stereocenters. The van der Waals surface area contributed by atoms with Crippen LogP contribution in [0.3, 0.4) is 0 Å². The molecule has 1 aromatic carbocycles. The summed E-state index contributed by atoms with van der Waals surface area (Å²) in [5.41, 5.74) is 6.44. The van der Waals surface area contributed by atoms with E-state index in [1.807, 2.05) is 0 Å². The molecular weight excluding hydrogens is 268 g/mol. The van der Waals surface area contributed by atoms with Crippen LogP contribution in [-0.4, -0.2) is 37.3 Å². The van der Waals surface area contributed by atoms with Gasteiger partial charge in [-0.2, -0.15) is 16.1 Å². The summed E-state index contributed by atoms with van der Waals surface area (Å²) in [5, 5.41) is 0. The largest absolute Gasteiger partial charge is 0.326 e. The molecule has 18 heavy (non-hydrogen) atoms. The summed E-state index contributed by atoms with van der Waals surface area (Å²) in [6, 6.07) is 6.93. The topological polar surface area (TPSA) is 63.4 Å². The first-order valence-electron chi connectivity index (χ1n) is 5.90. The van der Waals surface area contributed by atoms with Crippen LogP contribution in [0.15, 0.2) is 29.2 Å². The molecule has 0 aromatic heterocycles. The van der Waals surface area contributed by atoms with E-state index < -0.39 is 10.0 Å². The van der Waals surface area contributed by atoms with Gasteiger partial charge in [-0.05, 0) is 29.9 Å². The van der Waals surface area contributed by atoms with Gasteiger partial charge in [-0.3, -0.25) is 0 Å². The maximum Gasteiger partial charge on any atom is 0.243 e. The van der Waals surface area contributed by atoms with Gasteiger partial charge in [0.15, 0.2) is 0 Å². The zero-order valence-corrected chi connectivity index (χ0v) is 12.0. The Morgan fingerprint density at radius 3 is 2.56 bits per heavy atom. The highest BCUT2D eigenvalue weighted by atomic mass is 32.2. The van der Waals surface area contributed by atoms with E-state index in [0.717, 1.165) is 23.5 Å². The highest BCUT2D eigenvalue weighted by Crippen LogP contribution is 2.26. The third-order valence-electron chi connectivity index (χ3n) is 3.26. The fourth-order valence-electron chi connectivity index (χ4n) is 1.97. The number of benzene rings is 1. The van der Waals surface area contributed by atoms with Crippen LogP contribution in [-0.2, 0) is 16.6 Å². The minimum Gasteiger partial charge on any atom is -0.326 e. The van der Waals surface area contributed by atoms with Crippen molar-refractivity contribution in [3.05, 3.63) is 29.8 Å². The van der Waals surface area contributed by atoms with Crippen LogP contribution in [0, 0.1) is 0 Å². The van der Waals surface area contributed by atoms with Gasteiger partial charge in [0.05, 0.1) is 4.90 Å². The SMILES string of the molecule is CN(C1CCSC1)S(=O)(=O)c1ccc(CN)cc1. The molecule has 0 bridgehead atoms. The van der Waals surface area contributed by atoms with E-state index in [9.17, 15) is 8.42 Å². The Hall–Kier alpha value is -0.560. The Bertz CT molecular complexity index is 493. The summed E-state index contributed by atoms with van der Waals surface area (Å²) < 4.78 is 26.3. The Kier molecular flexibility index (Phi) is 4.32. The van der Waals surface area contributed by atoms with Crippen LogP contribution in [0.5, 0.6) is 0 Å². The molecule has 100 valence electrons. The Morgan fingerprint density at radius 2 is 2.06 bits per heavy atom. The molecule has 1 aliphatic rings. The molecule has 1 fully saturated rings. The van der Waals surface area contributed by atoms with Crippen LogP contribution in [0.1, 0.15) is 12.0 Å². The van der Waals surface area contributed by atoms with Gasteiger partial charge in [0.1, 0.15) is 0 Å². The minimum atomic E-state index is -3.37. The van der Waals surface area contributed by atoms with Crippen LogP contribution < -0.4 is 5.73 Å². The van der Waals surface area contributed by atoms with Crippen molar-refractivity contribution in [2.75, 3.05) is 18.6 Å². The van der Waals surface area contributed by atoms with Crippen LogP contribution in [0.25, 0.3) is 0 Å². The third kappa shape index (κ3) is 2.71. The first-order valence-corrected chi connectivity index (χ1v) is 8.50. The molecule has 2 N–H and O–H groups in total. The molecule has 6 heteroatoms. The highest BCUT2D eigenvalue weighted by Gasteiger charge is 2.30. The maximum atomic E-state index is 12.4. The highest BCUT2D eigenvalue weighted by molar-refractivity contribution is 7.99. The summed E-state index contributed by atoms with van der Waals surface area (Å²) in [7, 11) is -1.70. The first-order chi connectivity index (χ1) is 8.55. The molecule has 0 amide bonds. The van der Waals surface area contributed by atoms with Gasteiger partial charge in [0.25, 0.3) is 0 Å². The van der Waals surface area contributed by atoms with Gasteiger partial charge in [0, 0.05) is 25.4 Å². The molecule has 1 aromatic rings. The van der Waals surface area contributed by atoms with E-state index in [1.165, 1.54) is 4.31 Å². The molecule has 0 saturated carbocycles. The number of thioether (sulfide) groups is 1.